The first kappa shape index (κ1) is 14.5. The second-order valence-corrected chi connectivity index (χ2v) is 6.29. The van der Waals surface area contributed by atoms with Gasteiger partial charge in [0.15, 0.2) is 0 Å². The van der Waals surface area contributed by atoms with Crippen LogP contribution in [0.1, 0.15) is 49.7 Å². The van der Waals surface area contributed by atoms with Crippen LogP contribution in [-0.2, 0) is 12.1 Å². The van der Waals surface area contributed by atoms with E-state index in [9.17, 15) is 4.91 Å². The van der Waals surface area contributed by atoms with Crippen molar-refractivity contribution in [2.75, 3.05) is 13.1 Å². The Balaban J connectivity index is 1.96. The highest BCUT2D eigenvalue weighted by atomic mass is 16.3. The number of nitrogens with zero attached hydrogens (tertiary/aromatic N) is 2. The summed E-state index contributed by atoms with van der Waals surface area (Å²) in [6.45, 7) is 2.48. The zero-order valence-electron chi connectivity index (χ0n) is 12.6. The average molecular weight is 284 g/mol. The van der Waals surface area contributed by atoms with E-state index in [1.165, 1.54) is 37.7 Å². The lowest BCUT2D eigenvalue weighted by atomic mass is 9.74. The Kier molecular flexibility index (Phi) is 4.49. The number of nitroso groups, excluding NO2 is 1. The second-order valence-electron chi connectivity index (χ2n) is 6.29. The predicted octanol–water partition coefficient (Wildman–Crippen LogP) is 4.37. The second kappa shape index (κ2) is 6.52. The summed E-state index contributed by atoms with van der Waals surface area (Å²) in [5.74, 6) is 0. The molecule has 0 unspecified atom stereocenters. The molecule has 0 radical (unpaired) electrons. The van der Waals surface area contributed by atoms with Crippen molar-refractivity contribution in [2.24, 2.45) is 5.18 Å². The van der Waals surface area contributed by atoms with Crippen LogP contribution >= 0.6 is 0 Å². The molecule has 0 amide bonds. The van der Waals surface area contributed by atoms with Crippen molar-refractivity contribution in [3.05, 3.63) is 52.5 Å². The van der Waals surface area contributed by atoms with Crippen molar-refractivity contribution in [1.82, 2.24) is 4.90 Å². The van der Waals surface area contributed by atoms with E-state index in [0.717, 1.165) is 25.1 Å². The summed E-state index contributed by atoms with van der Waals surface area (Å²) in [5.41, 5.74) is 2.60. The van der Waals surface area contributed by atoms with Gasteiger partial charge < -0.3 is 0 Å². The lowest BCUT2D eigenvalue weighted by Crippen LogP contribution is -2.49. The molecular weight excluding hydrogens is 260 g/mol. The van der Waals surface area contributed by atoms with Crippen molar-refractivity contribution in [3.63, 3.8) is 0 Å². The van der Waals surface area contributed by atoms with Crippen molar-refractivity contribution in [1.29, 1.82) is 0 Å². The van der Waals surface area contributed by atoms with E-state index in [2.05, 4.69) is 40.4 Å². The summed E-state index contributed by atoms with van der Waals surface area (Å²) in [6.07, 6.45) is 12.2. The molecule has 1 saturated carbocycles. The SMILES string of the molecule is O=NCc1cccc(C2(N3CC=CCC3)CCCCC2)c1. The molecule has 0 N–H and O–H groups in total. The minimum Gasteiger partial charge on any atom is -0.290 e. The Bertz CT molecular complexity index is 518. The van der Waals surface area contributed by atoms with Gasteiger partial charge in [-0.2, -0.15) is 4.91 Å². The fraction of sp³-hybridized carbons (Fsp3) is 0.556. The molecule has 1 aliphatic heterocycles. The third kappa shape index (κ3) is 2.93. The van der Waals surface area contributed by atoms with E-state index in [-0.39, 0.29) is 12.1 Å². The first-order valence-corrected chi connectivity index (χ1v) is 8.14. The van der Waals surface area contributed by atoms with Gasteiger partial charge in [0.2, 0.25) is 0 Å². The monoisotopic (exact) mass is 284 g/mol. The van der Waals surface area contributed by atoms with Crippen molar-refractivity contribution < 1.29 is 0 Å². The molecule has 0 saturated heterocycles. The molecule has 1 aromatic carbocycles. The van der Waals surface area contributed by atoms with Gasteiger partial charge in [0.25, 0.3) is 0 Å². The van der Waals surface area contributed by atoms with Crippen LogP contribution in [0.5, 0.6) is 0 Å². The largest absolute Gasteiger partial charge is 0.290 e. The maximum Gasteiger partial charge on any atom is 0.106 e. The molecule has 1 fully saturated rings. The van der Waals surface area contributed by atoms with Crippen LogP contribution in [0.15, 0.2) is 41.6 Å². The van der Waals surface area contributed by atoms with E-state index in [1.807, 2.05) is 6.07 Å². The minimum absolute atomic E-state index is 0.169. The van der Waals surface area contributed by atoms with E-state index in [0.29, 0.717) is 0 Å². The van der Waals surface area contributed by atoms with Crippen LogP contribution in [0.25, 0.3) is 0 Å². The van der Waals surface area contributed by atoms with E-state index in [4.69, 9.17) is 0 Å². The lowest BCUT2D eigenvalue weighted by Gasteiger charge is -2.48. The molecule has 21 heavy (non-hydrogen) atoms. The first-order valence-electron chi connectivity index (χ1n) is 8.14. The third-order valence-electron chi connectivity index (χ3n) is 5.06. The number of rotatable bonds is 4. The maximum atomic E-state index is 10.6. The number of benzene rings is 1. The Morgan fingerprint density at radius 1 is 1.14 bits per heavy atom. The molecular formula is C18H24N2O. The van der Waals surface area contributed by atoms with E-state index in [1.54, 1.807) is 0 Å². The molecule has 0 spiro atoms. The van der Waals surface area contributed by atoms with Gasteiger partial charge in [-0.05, 0) is 30.4 Å². The van der Waals surface area contributed by atoms with Crippen molar-refractivity contribution in [2.45, 2.75) is 50.6 Å². The van der Waals surface area contributed by atoms with Gasteiger partial charge in [-0.1, -0.05) is 60.9 Å². The van der Waals surface area contributed by atoms with Crippen LogP contribution in [-0.4, -0.2) is 18.0 Å². The molecule has 0 atom stereocenters. The lowest BCUT2D eigenvalue weighted by molar-refractivity contribution is 0.0557. The Morgan fingerprint density at radius 2 is 2.00 bits per heavy atom. The smallest absolute Gasteiger partial charge is 0.106 e. The summed E-state index contributed by atoms with van der Waals surface area (Å²) in [6, 6.07) is 8.56. The molecule has 1 aromatic rings. The Hall–Kier alpha value is -1.48. The summed E-state index contributed by atoms with van der Waals surface area (Å²) in [7, 11) is 0. The van der Waals surface area contributed by atoms with Gasteiger partial charge in [0.05, 0.1) is 0 Å². The van der Waals surface area contributed by atoms with Gasteiger partial charge in [-0.15, -0.1) is 0 Å². The van der Waals surface area contributed by atoms with Crippen molar-refractivity contribution >= 4 is 0 Å². The molecule has 3 heteroatoms. The maximum absolute atomic E-state index is 10.6. The van der Waals surface area contributed by atoms with E-state index < -0.39 is 0 Å². The summed E-state index contributed by atoms with van der Waals surface area (Å²) in [5, 5.41) is 3.05. The molecule has 2 aliphatic rings. The number of hydrogen-bond acceptors (Lipinski definition) is 3. The van der Waals surface area contributed by atoms with Gasteiger partial charge in [0, 0.05) is 18.6 Å². The first-order chi connectivity index (χ1) is 10.3. The molecule has 112 valence electrons. The van der Waals surface area contributed by atoms with Gasteiger partial charge in [-0.3, -0.25) is 4.90 Å². The van der Waals surface area contributed by atoms with Gasteiger partial charge in [0.1, 0.15) is 6.54 Å². The standard InChI is InChI=1S/C18H24N2O/c21-19-15-16-8-7-9-17(14-16)18(10-3-1-4-11-18)20-12-5-2-6-13-20/h2,5,7-9,14H,1,3-4,6,10-13,15H2. The average Bonchev–Trinajstić information content (AvgIpc) is 2.57. The highest BCUT2D eigenvalue weighted by Gasteiger charge is 2.39. The summed E-state index contributed by atoms with van der Waals surface area (Å²) < 4.78 is 0. The highest BCUT2D eigenvalue weighted by Crippen LogP contribution is 2.43. The van der Waals surface area contributed by atoms with Crippen molar-refractivity contribution in [3.8, 4) is 0 Å². The van der Waals surface area contributed by atoms with Crippen LogP contribution in [0.4, 0.5) is 0 Å². The third-order valence-corrected chi connectivity index (χ3v) is 5.06. The molecule has 1 heterocycles. The fourth-order valence-corrected chi connectivity index (χ4v) is 3.99. The molecule has 1 aliphatic carbocycles. The summed E-state index contributed by atoms with van der Waals surface area (Å²) in [4.78, 5) is 13.2. The quantitative estimate of drug-likeness (QED) is 0.607. The van der Waals surface area contributed by atoms with Crippen LogP contribution in [0, 0.1) is 4.91 Å². The summed E-state index contributed by atoms with van der Waals surface area (Å²) >= 11 is 0. The van der Waals surface area contributed by atoms with Gasteiger partial charge >= 0.3 is 0 Å². The fourth-order valence-electron chi connectivity index (χ4n) is 3.99. The molecule has 3 rings (SSSR count). The normalized spacial score (nSPS) is 22.1. The topological polar surface area (TPSA) is 32.7 Å². The zero-order valence-corrected chi connectivity index (χ0v) is 12.6. The van der Waals surface area contributed by atoms with Crippen LogP contribution in [0.3, 0.4) is 0 Å². The van der Waals surface area contributed by atoms with E-state index >= 15 is 0 Å². The minimum atomic E-state index is 0.169. The Labute approximate surface area is 127 Å². The van der Waals surface area contributed by atoms with Crippen LogP contribution in [0.2, 0.25) is 0 Å². The van der Waals surface area contributed by atoms with Crippen LogP contribution < -0.4 is 0 Å². The predicted molar refractivity (Wildman–Crippen MR) is 86.0 cm³/mol. The zero-order chi connectivity index (χ0) is 14.5. The molecule has 0 bridgehead atoms. The highest BCUT2D eigenvalue weighted by molar-refractivity contribution is 5.31. The molecule has 3 nitrogen and oxygen atoms in total. The Morgan fingerprint density at radius 3 is 2.71 bits per heavy atom. The number of hydrogen-bond donors (Lipinski definition) is 0. The molecule has 0 aromatic heterocycles. The van der Waals surface area contributed by atoms with Gasteiger partial charge in [-0.25, -0.2) is 0 Å².